The van der Waals surface area contributed by atoms with Gasteiger partial charge in [0.2, 0.25) is 0 Å². The number of hydrogen-bond donors (Lipinski definition) is 0. The molecule has 0 atom stereocenters. The maximum Gasteiger partial charge on any atom is 0.433 e. The smallest absolute Gasteiger partial charge is 0.433 e. The van der Waals surface area contributed by atoms with Crippen molar-refractivity contribution in [1.29, 1.82) is 0 Å². The zero-order valence-corrected chi connectivity index (χ0v) is 8.69. The van der Waals surface area contributed by atoms with E-state index in [1.54, 1.807) is 0 Å². The van der Waals surface area contributed by atoms with Crippen LogP contribution in [0.5, 0.6) is 0 Å². The van der Waals surface area contributed by atoms with Crippen LogP contribution in [0.3, 0.4) is 0 Å². The minimum absolute atomic E-state index is 0.181. The predicted molar refractivity (Wildman–Crippen MR) is 45.5 cm³/mol. The quantitative estimate of drug-likeness (QED) is 0.730. The molecule has 1 aromatic heterocycles. The highest BCUT2D eigenvalue weighted by Crippen LogP contribution is 2.33. The molecule has 0 aliphatic carbocycles. The van der Waals surface area contributed by atoms with E-state index >= 15 is 0 Å². The van der Waals surface area contributed by atoms with E-state index in [1.807, 2.05) is 0 Å². The molecule has 0 amide bonds. The van der Waals surface area contributed by atoms with E-state index in [-0.39, 0.29) is 5.82 Å². The number of aryl methyl sites for hydroxylation is 1. The lowest BCUT2D eigenvalue weighted by atomic mass is 10.1. The molecule has 1 heterocycles. The maximum absolute atomic E-state index is 12.5. The van der Waals surface area contributed by atoms with Gasteiger partial charge in [0.1, 0.15) is 11.0 Å². The van der Waals surface area contributed by atoms with Crippen LogP contribution in [0.1, 0.15) is 17.1 Å². The molecule has 0 fully saturated rings. The minimum atomic E-state index is -4.78. The van der Waals surface area contributed by atoms with Crippen molar-refractivity contribution >= 4 is 17.6 Å². The molecule has 88 valence electrons. The fraction of sp³-hybridized carbons (Fsp3) is 0.375. The van der Waals surface area contributed by atoms with Gasteiger partial charge in [0.25, 0.3) is 0 Å². The largest absolute Gasteiger partial charge is 0.550 e. The minimum Gasteiger partial charge on any atom is -0.550 e. The van der Waals surface area contributed by atoms with E-state index in [1.165, 1.54) is 6.92 Å². The third-order valence-electron chi connectivity index (χ3n) is 1.66. The van der Waals surface area contributed by atoms with Gasteiger partial charge >= 0.3 is 6.18 Å². The van der Waals surface area contributed by atoms with Gasteiger partial charge in [-0.25, -0.2) is 9.97 Å². The maximum atomic E-state index is 12.5. The number of nitrogens with zero attached hydrogens (tertiary/aromatic N) is 2. The summed E-state index contributed by atoms with van der Waals surface area (Å²) in [6, 6.07) is 0. The van der Waals surface area contributed by atoms with Crippen LogP contribution >= 0.6 is 11.6 Å². The van der Waals surface area contributed by atoms with Gasteiger partial charge in [-0.1, -0.05) is 11.6 Å². The second-order valence-corrected chi connectivity index (χ2v) is 3.29. The van der Waals surface area contributed by atoms with E-state index in [4.69, 9.17) is 11.6 Å². The summed E-state index contributed by atoms with van der Waals surface area (Å²) < 4.78 is 37.5. The summed E-state index contributed by atoms with van der Waals surface area (Å²) >= 11 is 5.44. The SMILES string of the molecule is Cc1nc(Cl)c(CC(=O)[O-])c(C(F)(F)F)n1. The number of alkyl halides is 3. The Balaban J connectivity index is 3.38. The second kappa shape index (κ2) is 4.25. The van der Waals surface area contributed by atoms with Crippen molar-refractivity contribution in [1.82, 2.24) is 9.97 Å². The summed E-state index contributed by atoms with van der Waals surface area (Å²) in [5, 5.41) is 9.77. The van der Waals surface area contributed by atoms with Crippen LogP contribution in [-0.2, 0) is 17.4 Å². The van der Waals surface area contributed by atoms with Gasteiger partial charge in [0.05, 0.1) is 0 Å². The lowest BCUT2D eigenvalue weighted by molar-refractivity contribution is -0.304. The van der Waals surface area contributed by atoms with Crippen LogP contribution in [0.25, 0.3) is 0 Å². The number of carbonyl (C=O) groups is 1. The molecule has 8 heteroatoms. The molecule has 0 N–H and O–H groups in total. The van der Waals surface area contributed by atoms with Crippen LogP contribution in [0.4, 0.5) is 13.2 Å². The van der Waals surface area contributed by atoms with Crippen molar-refractivity contribution in [2.75, 3.05) is 0 Å². The second-order valence-electron chi connectivity index (χ2n) is 2.94. The molecule has 0 aliphatic rings. The predicted octanol–water partition coefficient (Wildman–Crippen LogP) is 0.750. The third-order valence-corrected chi connectivity index (χ3v) is 1.97. The lowest BCUT2D eigenvalue weighted by Crippen LogP contribution is -2.27. The highest BCUT2D eigenvalue weighted by molar-refractivity contribution is 6.30. The molecule has 1 aromatic rings. The number of carboxylic acid groups (broad SMARTS) is 1. The van der Waals surface area contributed by atoms with Crippen molar-refractivity contribution < 1.29 is 23.1 Å². The Hall–Kier alpha value is -1.37. The Morgan fingerprint density at radius 1 is 1.44 bits per heavy atom. The zero-order valence-electron chi connectivity index (χ0n) is 7.93. The first kappa shape index (κ1) is 12.7. The Kier molecular flexibility index (Phi) is 3.37. The number of carboxylic acids is 1. The van der Waals surface area contributed by atoms with Crippen LogP contribution in [0, 0.1) is 6.92 Å². The first-order valence-corrected chi connectivity index (χ1v) is 4.39. The number of carbonyl (C=O) groups excluding carboxylic acids is 1. The Labute approximate surface area is 93.1 Å². The zero-order chi connectivity index (χ0) is 12.5. The average molecular weight is 254 g/mol. The molecular formula is C8H5ClF3N2O2-. The van der Waals surface area contributed by atoms with Gasteiger partial charge in [0.15, 0.2) is 5.69 Å². The number of hydrogen-bond acceptors (Lipinski definition) is 4. The van der Waals surface area contributed by atoms with Crippen LogP contribution in [0.15, 0.2) is 0 Å². The highest BCUT2D eigenvalue weighted by Gasteiger charge is 2.37. The van der Waals surface area contributed by atoms with Gasteiger partial charge in [0, 0.05) is 18.0 Å². The molecule has 0 aromatic carbocycles. The molecule has 0 unspecified atom stereocenters. The van der Waals surface area contributed by atoms with Crippen molar-refractivity contribution in [2.24, 2.45) is 0 Å². The molecule has 0 saturated carbocycles. The van der Waals surface area contributed by atoms with Crippen molar-refractivity contribution in [3.8, 4) is 0 Å². The van der Waals surface area contributed by atoms with Crippen molar-refractivity contribution in [3.05, 3.63) is 22.2 Å². The standard InChI is InChI=1S/C8H6ClF3N2O2/c1-3-13-6(8(10,11)12)4(2-5(15)16)7(9)14-3/h2H2,1H3,(H,15,16)/p-1. The van der Waals surface area contributed by atoms with E-state index in [0.717, 1.165) is 0 Å². The Morgan fingerprint density at radius 3 is 2.44 bits per heavy atom. The number of halogens is 4. The summed E-state index contributed by atoms with van der Waals surface area (Å²) in [4.78, 5) is 16.9. The number of aromatic nitrogens is 2. The molecule has 0 bridgehead atoms. The van der Waals surface area contributed by atoms with Gasteiger partial charge < -0.3 is 9.90 Å². The summed E-state index contributed by atoms with van der Waals surface area (Å²) in [7, 11) is 0. The summed E-state index contributed by atoms with van der Waals surface area (Å²) in [6.07, 6.45) is -5.75. The fourth-order valence-corrected chi connectivity index (χ4v) is 1.38. The monoisotopic (exact) mass is 253 g/mol. The molecule has 0 aliphatic heterocycles. The lowest BCUT2D eigenvalue weighted by Gasteiger charge is -2.13. The topological polar surface area (TPSA) is 65.9 Å². The Morgan fingerprint density at radius 2 is 2.00 bits per heavy atom. The van der Waals surface area contributed by atoms with Gasteiger partial charge in [-0.3, -0.25) is 0 Å². The van der Waals surface area contributed by atoms with Crippen LogP contribution < -0.4 is 5.11 Å². The fourth-order valence-electron chi connectivity index (χ4n) is 1.10. The number of aliphatic carboxylic acids is 1. The molecule has 0 saturated heterocycles. The molecule has 1 rings (SSSR count). The first-order chi connectivity index (χ1) is 7.21. The van der Waals surface area contributed by atoms with E-state index in [2.05, 4.69) is 9.97 Å². The first-order valence-electron chi connectivity index (χ1n) is 4.02. The van der Waals surface area contributed by atoms with Crippen molar-refractivity contribution in [2.45, 2.75) is 19.5 Å². The molecule has 0 spiro atoms. The molecular weight excluding hydrogens is 249 g/mol. The average Bonchev–Trinajstić information content (AvgIpc) is 2.06. The summed E-state index contributed by atoms with van der Waals surface area (Å²) in [5.74, 6) is -1.86. The van der Waals surface area contributed by atoms with E-state index < -0.39 is 35.0 Å². The van der Waals surface area contributed by atoms with E-state index in [0.29, 0.717) is 0 Å². The molecule has 16 heavy (non-hydrogen) atoms. The van der Waals surface area contributed by atoms with E-state index in [9.17, 15) is 23.1 Å². The summed E-state index contributed by atoms with van der Waals surface area (Å²) in [5.41, 5.74) is -2.02. The van der Waals surface area contributed by atoms with Gasteiger partial charge in [-0.2, -0.15) is 13.2 Å². The molecule has 0 radical (unpaired) electrons. The van der Waals surface area contributed by atoms with Crippen LogP contribution in [-0.4, -0.2) is 15.9 Å². The molecule has 4 nitrogen and oxygen atoms in total. The van der Waals surface area contributed by atoms with Crippen molar-refractivity contribution in [3.63, 3.8) is 0 Å². The van der Waals surface area contributed by atoms with Crippen LogP contribution in [0.2, 0.25) is 5.15 Å². The Bertz CT molecular complexity index is 434. The normalized spacial score (nSPS) is 11.6. The number of rotatable bonds is 2. The third kappa shape index (κ3) is 2.82. The highest BCUT2D eigenvalue weighted by atomic mass is 35.5. The van der Waals surface area contributed by atoms with Gasteiger partial charge in [-0.15, -0.1) is 0 Å². The van der Waals surface area contributed by atoms with Gasteiger partial charge in [-0.05, 0) is 6.92 Å². The summed E-state index contributed by atoms with van der Waals surface area (Å²) in [6.45, 7) is 1.23.